The maximum Gasteiger partial charge on any atom is 0.271 e. The lowest BCUT2D eigenvalue weighted by Gasteiger charge is -2.12. The summed E-state index contributed by atoms with van der Waals surface area (Å²) in [6.07, 6.45) is 2.24. The first-order chi connectivity index (χ1) is 8.86. The highest BCUT2D eigenvalue weighted by Crippen LogP contribution is 2.30. The second-order valence-corrected chi connectivity index (χ2v) is 4.73. The van der Waals surface area contributed by atoms with E-state index in [1.54, 1.807) is 13.0 Å². The predicted molar refractivity (Wildman–Crippen MR) is 74.9 cm³/mol. The van der Waals surface area contributed by atoms with Gasteiger partial charge in [0.15, 0.2) is 0 Å². The van der Waals surface area contributed by atoms with Crippen molar-refractivity contribution in [3.8, 4) is 0 Å². The predicted octanol–water partition coefficient (Wildman–Crippen LogP) is 3.60. The molecule has 1 rings (SSSR count). The molecule has 0 fully saturated rings. The van der Waals surface area contributed by atoms with Crippen LogP contribution in [0.3, 0.4) is 0 Å². The van der Waals surface area contributed by atoms with E-state index in [1.807, 2.05) is 0 Å². The highest BCUT2D eigenvalue weighted by atomic mass is 35.5. The van der Waals surface area contributed by atoms with Crippen molar-refractivity contribution in [1.29, 1.82) is 0 Å². The lowest BCUT2D eigenvalue weighted by Crippen LogP contribution is -2.32. The van der Waals surface area contributed by atoms with Crippen LogP contribution in [-0.4, -0.2) is 16.9 Å². The maximum atomic E-state index is 12.0. The molecule has 1 aromatic carbocycles. The zero-order valence-corrected chi connectivity index (χ0v) is 11.7. The van der Waals surface area contributed by atoms with E-state index in [2.05, 4.69) is 11.9 Å². The number of nitro benzene ring substituents is 1. The Morgan fingerprint density at radius 2 is 2.21 bits per heavy atom. The molecule has 0 saturated carbocycles. The van der Waals surface area contributed by atoms with Crippen LogP contribution in [0.4, 0.5) is 5.69 Å². The summed E-state index contributed by atoms with van der Waals surface area (Å²) in [7, 11) is 0. The number of rotatable bonds is 5. The molecule has 0 radical (unpaired) electrons. The Hall–Kier alpha value is -1.59. The fraction of sp³-hybridized carbons (Fsp3) is 0.250. The molecule has 0 aliphatic heterocycles. The van der Waals surface area contributed by atoms with Crippen LogP contribution in [0.2, 0.25) is 10.0 Å². The van der Waals surface area contributed by atoms with E-state index in [0.29, 0.717) is 6.42 Å². The summed E-state index contributed by atoms with van der Waals surface area (Å²) in [5.74, 6) is -0.509. The summed E-state index contributed by atoms with van der Waals surface area (Å²) in [5, 5.41) is 13.3. The molecular weight excluding hydrogens is 291 g/mol. The number of hydrogen-bond acceptors (Lipinski definition) is 3. The summed E-state index contributed by atoms with van der Waals surface area (Å²) >= 11 is 11.7. The van der Waals surface area contributed by atoms with Crippen LogP contribution in [0.25, 0.3) is 0 Å². The zero-order chi connectivity index (χ0) is 14.6. The Morgan fingerprint density at radius 3 is 2.74 bits per heavy atom. The molecule has 1 atom stereocenters. The molecule has 1 amide bonds. The van der Waals surface area contributed by atoms with Crippen LogP contribution < -0.4 is 5.32 Å². The lowest BCUT2D eigenvalue weighted by atomic mass is 10.1. The van der Waals surface area contributed by atoms with Crippen LogP contribution in [-0.2, 0) is 0 Å². The van der Waals surface area contributed by atoms with Gasteiger partial charge in [0.25, 0.3) is 11.6 Å². The van der Waals surface area contributed by atoms with Crippen LogP contribution in [0.5, 0.6) is 0 Å². The molecule has 1 N–H and O–H groups in total. The van der Waals surface area contributed by atoms with Crippen molar-refractivity contribution in [1.82, 2.24) is 5.32 Å². The number of carbonyl (C=O) groups is 1. The molecule has 1 aromatic rings. The van der Waals surface area contributed by atoms with Gasteiger partial charge in [-0.2, -0.15) is 0 Å². The van der Waals surface area contributed by atoms with Gasteiger partial charge in [0, 0.05) is 18.2 Å². The summed E-state index contributed by atoms with van der Waals surface area (Å²) < 4.78 is 0. The number of hydrogen-bond donors (Lipinski definition) is 1. The number of benzene rings is 1. The monoisotopic (exact) mass is 302 g/mol. The zero-order valence-electron chi connectivity index (χ0n) is 10.2. The van der Waals surface area contributed by atoms with Gasteiger partial charge in [-0.1, -0.05) is 29.3 Å². The maximum absolute atomic E-state index is 12.0. The normalized spacial score (nSPS) is 11.7. The molecule has 19 heavy (non-hydrogen) atoms. The minimum atomic E-state index is -0.633. The Kier molecular flexibility index (Phi) is 5.32. The van der Waals surface area contributed by atoms with Crippen molar-refractivity contribution in [2.75, 3.05) is 0 Å². The third kappa shape index (κ3) is 3.94. The average Bonchev–Trinajstić information content (AvgIpc) is 2.32. The number of nitrogens with one attached hydrogen (secondary N) is 1. The first kappa shape index (κ1) is 15.5. The van der Waals surface area contributed by atoms with E-state index >= 15 is 0 Å². The van der Waals surface area contributed by atoms with Crippen molar-refractivity contribution >= 4 is 34.8 Å². The first-order valence-corrected chi connectivity index (χ1v) is 6.17. The second kappa shape index (κ2) is 6.54. The van der Waals surface area contributed by atoms with E-state index < -0.39 is 10.8 Å². The van der Waals surface area contributed by atoms with E-state index in [4.69, 9.17) is 23.2 Å². The largest absolute Gasteiger partial charge is 0.349 e. The topological polar surface area (TPSA) is 72.2 Å². The molecule has 0 saturated heterocycles. The quantitative estimate of drug-likeness (QED) is 0.513. The molecule has 0 aliphatic carbocycles. The fourth-order valence-electron chi connectivity index (χ4n) is 1.46. The van der Waals surface area contributed by atoms with E-state index in [1.165, 1.54) is 0 Å². The van der Waals surface area contributed by atoms with Crippen LogP contribution >= 0.6 is 23.2 Å². The molecule has 0 spiro atoms. The minimum absolute atomic E-state index is 0.00410. The molecule has 0 heterocycles. The Labute approximate surface area is 120 Å². The van der Waals surface area contributed by atoms with Gasteiger partial charge in [0.1, 0.15) is 0 Å². The fourth-order valence-corrected chi connectivity index (χ4v) is 1.86. The van der Waals surface area contributed by atoms with Crippen LogP contribution in [0, 0.1) is 10.1 Å². The molecule has 0 aliphatic rings. The van der Waals surface area contributed by atoms with Gasteiger partial charge in [-0.3, -0.25) is 14.9 Å². The molecule has 102 valence electrons. The smallest absolute Gasteiger partial charge is 0.271 e. The molecular formula is C12H12Cl2N2O3. The third-order valence-corrected chi connectivity index (χ3v) is 3.17. The van der Waals surface area contributed by atoms with E-state index in [0.717, 1.165) is 12.1 Å². The Bertz CT molecular complexity index is 532. The van der Waals surface area contributed by atoms with Gasteiger partial charge in [0.2, 0.25) is 0 Å². The van der Waals surface area contributed by atoms with Crippen LogP contribution in [0.15, 0.2) is 24.8 Å². The van der Waals surface area contributed by atoms with E-state index in [9.17, 15) is 14.9 Å². The number of amides is 1. The number of carbonyl (C=O) groups excluding carboxylic acids is 1. The lowest BCUT2D eigenvalue weighted by molar-refractivity contribution is -0.384. The summed E-state index contributed by atoms with van der Waals surface area (Å²) in [6.45, 7) is 5.35. The molecule has 0 bridgehead atoms. The van der Waals surface area contributed by atoms with Crippen molar-refractivity contribution in [2.24, 2.45) is 0 Å². The van der Waals surface area contributed by atoms with Crippen molar-refractivity contribution in [3.63, 3.8) is 0 Å². The summed E-state index contributed by atoms with van der Waals surface area (Å²) in [4.78, 5) is 22.1. The van der Waals surface area contributed by atoms with Crippen molar-refractivity contribution < 1.29 is 9.72 Å². The van der Waals surface area contributed by atoms with E-state index in [-0.39, 0.29) is 27.3 Å². The molecule has 0 aromatic heterocycles. The van der Waals surface area contributed by atoms with Gasteiger partial charge in [-0.25, -0.2) is 0 Å². The molecule has 7 heteroatoms. The van der Waals surface area contributed by atoms with Gasteiger partial charge in [-0.15, -0.1) is 6.58 Å². The van der Waals surface area contributed by atoms with Gasteiger partial charge < -0.3 is 5.32 Å². The van der Waals surface area contributed by atoms with Crippen molar-refractivity contribution in [2.45, 2.75) is 19.4 Å². The SMILES string of the molecule is C=CCC(C)NC(=O)c1cc([N+](=O)[O-])cc(Cl)c1Cl. The summed E-state index contributed by atoms with van der Waals surface area (Å²) in [5.41, 5.74) is -0.298. The minimum Gasteiger partial charge on any atom is -0.349 e. The third-order valence-electron chi connectivity index (χ3n) is 2.37. The van der Waals surface area contributed by atoms with Gasteiger partial charge >= 0.3 is 0 Å². The van der Waals surface area contributed by atoms with Gasteiger partial charge in [-0.05, 0) is 13.3 Å². The summed E-state index contributed by atoms with van der Waals surface area (Å²) in [6, 6.07) is 2.05. The Morgan fingerprint density at radius 1 is 1.58 bits per heavy atom. The molecule has 5 nitrogen and oxygen atoms in total. The second-order valence-electron chi connectivity index (χ2n) is 3.95. The number of nitrogens with zero attached hydrogens (tertiary/aromatic N) is 1. The van der Waals surface area contributed by atoms with Gasteiger partial charge in [0.05, 0.1) is 20.5 Å². The number of halogens is 2. The first-order valence-electron chi connectivity index (χ1n) is 5.42. The average molecular weight is 303 g/mol. The molecule has 1 unspecified atom stereocenters. The van der Waals surface area contributed by atoms with Crippen molar-refractivity contribution in [3.05, 3.63) is 50.5 Å². The highest BCUT2D eigenvalue weighted by Gasteiger charge is 2.20. The Balaban J connectivity index is 3.08. The van der Waals surface area contributed by atoms with Crippen LogP contribution in [0.1, 0.15) is 23.7 Å². The number of nitro groups is 1. The number of non-ortho nitro benzene ring substituents is 1. The highest BCUT2D eigenvalue weighted by molar-refractivity contribution is 6.44. The standard InChI is InChI=1S/C12H12Cl2N2O3/c1-3-4-7(2)15-12(17)9-5-8(16(18)19)6-10(13)11(9)14/h3,5-7H,1,4H2,2H3,(H,15,17).